The van der Waals surface area contributed by atoms with Crippen LogP contribution < -0.4 is 4.90 Å². The molecule has 0 saturated heterocycles. The molecule has 1 aromatic carbocycles. The van der Waals surface area contributed by atoms with E-state index in [1.54, 1.807) is 0 Å². The fourth-order valence-electron chi connectivity index (χ4n) is 3.14. The van der Waals surface area contributed by atoms with Crippen molar-refractivity contribution in [2.24, 2.45) is 7.05 Å². The molecule has 2 heterocycles. The zero-order valence-electron chi connectivity index (χ0n) is 14.6. The molecule has 1 unspecified atom stereocenters. The van der Waals surface area contributed by atoms with Gasteiger partial charge in [-0.3, -0.25) is 0 Å². The summed E-state index contributed by atoms with van der Waals surface area (Å²) in [4.78, 5) is 1.32. The van der Waals surface area contributed by atoms with Crippen LogP contribution in [0.3, 0.4) is 0 Å². The number of hydrogen-bond donors (Lipinski definition) is 1. The second-order valence-corrected chi connectivity index (χ2v) is 7.26. The van der Waals surface area contributed by atoms with Crippen LogP contribution >= 0.6 is 12.2 Å². The van der Waals surface area contributed by atoms with Crippen molar-refractivity contribution in [2.75, 3.05) is 7.05 Å². The van der Waals surface area contributed by atoms with Gasteiger partial charge in [0.2, 0.25) is 4.77 Å². The number of para-hydroxylation sites is 1. The summed E-state index contributed by atoms with van der Waals surface area (Å²) >= 11 is 5.55. The first-order valence-electron chi connectivity index (χ1n) is 8.66. The lowest BCUT2D eigenvalue weighted by Crippen LogP contribution is -3.07. The van der Waals surface area contributed by atoms with Crippen LogP contribution in [0, 0.1) is 4.77 Å². The number of nitrogens with zero attached hydrogens (tertiary/aromatic N) is 5. The van der Waals surface area contributed by atoms with Crippen molar-refractivity contribution >= 4 is 12.2 Å². The molecule has 1 saturated carbocycles. The Morgan fingerprint density at radius 1 is 1.24 bits per heavy atom. The molecule has 25 heavy (non-hydrogen) atoms. The number of aromatic nitrogens is 5. The van der Waals surface area contributed by atoms with E-state index in [1.807, 2.05) is 40.8 Å². The first-order chi connectivity index (χ1) is 12.1. The molecule has 1 aliphatic rings. The van der Waals surface area contributed by atoms with Crippen LogP contribution in [-0.2, 0) is 20.3 Å². The standard InChI is InChI=1S/C18H22N6S/c1-21(13-24-18(25)22(2)17(20-24)15-8-9-15)11-14-10-19-23(12-14)16-6-4-3-5-7-16/h3-7,10,12,15H,8-9,11,13H2,1-2H3/p+1. The summed E-state index contributed by atoms with van der Waals surface area (Å²) in [6.45, 7) is 1.64. The molecule has 0 aliphatic heterocycles. The van der Waals surface area contributed by atoms with Crippen molar-refractivity contribution in [3.05, 3.63) is 58.9 Å². The summed E-state index contributed by atoms with van der Waals surface area (Å²) < 4.78 is 6.75. The van der Waals surface area contributed by atoms with E-state index in [-0.39, 0.29) is 0 Å². The molecule has 0 radical (unpaired) electrons. The third-order valence-electron chi connectivity index (χ3n) is 4.60. The van der Waals surface area contributed by atoms with E-state index in [0.717, 1.165) is 29.5 Å². The zero-order valence-corrected chi connectivity index (χ0v) is 15.4. The lowest BCUT2D eigenvalue weighted by atomic mass is 10.3. The number of hydrogen-bond acceptors (Lipinski definition) is 3. The molecule has 0 amide bonds. The lowest BCUT2D eigenvalue weighted by molar-refractivity contribution is -0.917. The van der Waals surface area contributed by atoms with Gasteiger partial charge < -0.3 is 9.47 Å². The van der Waals surface area contributed by atoms with E-state index in [0.29, 0.717) is 5.92 Å². The van der Waals surface area contributed by atoms with Gasteiger partial charge in [-0.15, -0.1) is 0 Å². The number of benzene rings is 1. The maximum atomic E-state index is 5.55. The molecule has 4 rings (SSSR count). The van der Waals surface area contributed by atoms with Gasteiger partial charge in [0.1, 0.15) is 12.4 Å². The molecule has 2 aromatic heterocycles. The van der Waals surface area contributed by atoms with Gasteiger partial charge in [-0.2, -0.15) is 14.9 Å². The molecular formula is C18H23N6S+. The molecule has 1 fully saturated rings. The van der Waals surface area contributed by atoms with Crippen LogP contribution in [0.15, 0.2) is 42.7 Å². The van der Waals surface area contributed by atoms with Crippen LogP contribution in [0.25, 0.3) is 5.69 Å². The molecule has 0 bridgehead atoms. The Morgan fingerprint density at radius 2 is 2.00 bits per heavy atom. The van der Waals surface area contributed by atoms with Crippen LogP contribution in [0.4, 0.5) is 0 Å². The summed E-state index contributed by atoms with van der Waals surface area (Å²) in [6, 6.07) is 10.2. The Hall–Kier alpha value is -2.25. The van der Waals surface area contributed by atoms with Crippen molar-refractivity contribution < 1.29 is 4.90 Å². The van der Waals surface area contributed by atoms with E-state index >= 15 is 0 Å². The topological polar surface area (TPSA) is 45.0 Å². The van der Waals surface area contributed by atoms with E-state index < -0.39 is 0 Å². The molecule has 7 heteroatoms. The maximum Gasteiger partial charge on any atom is 0.202 e. The van der Waals surface area contributed by atoms with E-state index in [9.17, 15) is 0 Å². The average Bonchev–Trinajstić information content (AvgIpc) is 3.30. The highest BCUT2D eigenvalue weighted by molar-refractivity contribution is 7.71. The second kappa shape index (κ2) is 6.57. The van der Waals surface area contributed by atoms with Crippen molar-refractivity contribution in [3.63, 3.8) is 0 Å². The third kappa shape index (κ3) is 3.43. The molecule has 130 valence electrons. The van der Waals surface area contributed by atoms with Crippen molar-refractivity contribution in [1.29, 1.82) is 0 Å². The van der Waals surface area contributed by atoms with Gasteiger partial charge in [-0.1, -0.05) is 18.2 Å². The van der Waals surface area contributed by atoms with E-state index in [4.69, 9.17) is 17.3 Å². The largest absolute Gasteiger partial charge is 0.315 e. The predicted octanol–water partition coefficient (Wildman–Crippen LogP) is 1.69. The van der Waals surface area contributed by atoms with Gasteiger partial charge in [-0.05, 0) is 37.2 Å². The average molecular weight is 355 g/mol. The van der Waals surface area contributed by atoms with Crippen molar-refractivity contribution in [3.8, 4) is 5.69 Å². The molecule has 1 N–H and O–H groups in total. The summed E-state index contributed by atoms with van der Waals surface area (Å²) in [5.41, 5.74) is 2.28. The number of rotatable bonds is 6. The van der Waals surface area contributed by atoms with E-state index in [1.165, 1.54) is 23.3 Å². The Labute approximate surface area is 152 Å². The SMILES string of the molecule is Cn1c(C2CC2)nn(C[NH+](C)Cc2cnn(-c3ccccc3)c2)c1=S. The molecule has 3 aromatic rings. The Kier molecular flexibility index (Phi) is 4.27. The monoisotopic (exact) mass is 355 g/mol. The Balaban J connectivity index is 1.44. The van der Waals surface area contributed by atoms with E-state index in [2.05, 4.69) is 35.0 Å². The molecule has 1 atom stereocenters. The quantitative estimate of drug-likeness (QED) is 0.685. The summed E-state index contributed by atoms with van der Waals surface area (Å²) in [7, 11) is 4.19. The predicted molar refractivity (Wildman–Crippen MR) is 98.2 cm³/mol. The van der Waals surface area contributed by atoms with Crippen molar-refractivity contribution in [1.82, 2.24) is 24.1 Å². The minimum Gasteiger partial charge on any atom is -0.315 e. The highest BCUT2D eigenvalue weighted by Crippen LogP contribution is 2.38. The minimum atomic E-state index is 0.609. The molecular weight excluding hydrogens is 332 g/mol. The highest BCUT2D eigenvalue weighted by atomic mass is 32.1. The highest BCUT2D eigenvalue weighted by Gasteiger charge is 2.29. The number of nitrogens with one attached hydrogen (secondary N) is 1. The lowest BCUT2D eigenvalue weighted by Gasteiger charge is -2.12. The van der Waals surface area contributed by atoms with Gasteiger partial charge in [-0.25, -0.2) is 4.68 Å². The van der Waals surface area contributed by atoms with Gasteiger partial charge in [0.05, 0.1) is 18.9 Å². The van der Waals surface area contributed by atoms with Gasteiger partial charge in [0.15, 0.2) is 6.67 Å². The van der Waals surface area contributed by atoms with Gasteiger partial charge in [0.25, 0.3) is 0 Å². The fraction of sp³-hybridized carbons (Fsp3) is 0.389. The number of quaternary nitrogens is 1. The van der Waals surface area contributed by atoms with Gasteiger partial charge >= 0.3 is 0 Å². The first-order valence-corrected chi connectivity index (χ1v) is 9.06. The summed E-state index contributed by atoms with van der Waals surface area (Å²) in [6.07, 6.45) is 6.50. The Bertz CT molecular complexity index is 919. The Morgan fingerprint density at radius 3 is 2.72 bits per heavy atom. The summed E-state index contributed by atoms with van der Waals surface area (Å²) in [5, 5.41) is 9.21. The van der Waals surface area contributed by atoms with Crippen LogP contribution in [0.5, 0.6) is 0 Å². The van der Waals surface area contributed by atoms with Crippen LogP contribution in [0.1, 0.15) is 30.1 Å². The normalized spacial score (nSPS) is 15.4. The van der Waals surface area contributed by atoms with Crippen LogP contribution in [-0.4, -0.2) is 31.2 Å². The van der Waals surface area contributed by atoms with Crippen molar-refractivity contribution in [2.45, 2.75) is 32.0 Å². The smallest absolute Gasteiger partial charge is 0.202 e. The molecule has 1 aliphatic carbocycles. The zero-order chi connectivity index (χ0) is 17.4. The molecule has 6 nitrogen and oxygen atoms in total. The second-order valence-electron chi connectivity index (χ2n) is 6.89. The fourth-order valence-corrected chi connectivity index (χ4v) is 3.34. The minimum absolute atomic E-state index is 0.609. The first kappa shape index (κ1) is 16.2. The molecule has 0 spiro atoms. The third-order valence-corrected chi connectivity index (χ3v) is 5.08. The van der Waals surface area contributed by atoms with Gasteiger partial charge in [0, 0.05) is 24.7 Å². The maximum absolute atomic E-state index is 5.55. The van der Waals surface area contributed by atoms with Crippen LogP contribution in [0.2, 0.25) is 0 Å². The summed E-state index contributed by atoms with van der Waals surface area (Å²) in [5.74, 6) is 1.74.